The minimum atomic E-state index is -4.51. The van der Waals surface area contributed by atoms with E-state index in [9.17, 15) is 23.1 Å². The first-order valence-electron chi connectivity index (χ1n) is 9.73. The Bertz CT molecular complexity index is 1140. The molecule has 1 fully saturated rings. The summed E-state index contributed by atoms with van der Waals surface area (Å²) in [6.07, 6.45) is -3.17. The molecule has 0 bridgehead atoms. The van der Waals surface area contributed by atoms with E-state index in [1.54, 1.807) is 21.9 Å². The van der Waals surface area contributed by atoms with Crippen molar-refractivity contribution in [1.82, 2.24) is 9.88 Å². The normalized spacial score (nSPS) is 15.2. The van der Waals surface area contributed by atoms with Crippen molar-refractivity contribution in [2.24, 2.45) is 0 Å². The highest BCUT2D eigenvalue weighted by Crippen LogP contribution is 2.34. The number of pyridine rings is 1. The number of carbonyl (C=O) groups excluding carboxylic acids is 1. The molecule has 1 aliphatic heterocycles. The highest BCUT2D eigenvalue weighted by molar-refractivity contribution is 6.33. The first-order chi connectivity index (χ1) is 14.7. The monoisotopic (exact) mass is 449 g/mol. The predicted molar refractivity (Wildman–Crippen MR) is 113 cm³/mol. The first kappa shape index (κ1) is 21.2. The second-order valence-electron chi connectivity index (χ2n) is 7.38. The summed E-state index contributed by atoms with van der Waals surface area (Å²) >= 11 is 6.08. The largest absolute Gasteiger partial charge is 0.507 e. The zero-order valence-corrected chi connectivity index (χ0v) is 17.1. The number of alkyl halides is 3. The van der Waals surface area contributed by atoms with Crippen LogP contribution >= 0.6 is 11.6 Å². The fourth-order valence-electron chi connectivity index (χ4n) is 3.72. The predicted octanol–water partition coefficient (Wildman–Crippen LogP) is 4.97. The van der Waals surface area contributed by atoms with Gasteiger partial charge in [0.2, 0.25) is 0 Å². The molecule has 1 aliphatic rings. The highest BCUT2D eigenvalue weighted by Gasteiger charge is 2.32. The molecule has 5 nitrogen and oxygen atoms in total. The van der Waals surface area contributed by atoms with E-state index in [1.165, 1.54) is 0 Å². The van der Waals surface area contributed by atoms with Crippen LogP contribution in [0, 0.1) is 0 Å². The van der Waals surface area contributed by atoms with Crippen LogP contribution in [0.1, 0.15) is 22.3 Å². The van der Waals surface area contributed by atoms with E-state index in [2.05, 4.69) is 4.98 Å². The number of aromatic hydroxyl groups is 1. The summed E-state index contributed by atoms with van der Waals surface area (Å²) in [5.74, 6) is -0.119. The molecule has 2 aromatic carbocycles. The number of benzene rings is 2. The van der Waals surface area contributed by atoms with Gasteiger partial charge in [-0.05, 0) is 35.4 Å². The smallest absolute Gasteiger partial charge is 0.417 e. The molecule has 0 atom stereocenters. The Morgan fingerprint density at radius 1 is 1.03 bits per heavy atom. The lowest BCUT2D eigenvalue weighted by Crippen LogP contribution is -2.35. The Morgan fingerprint density at radius 2 is 1.74 bits per heavy atom. The fraction of sp³-hybridized carbons (Fsp3) is 0.273. The molecule has 1 saturated heterocycles. The van der Waals surface area contributed by atoms with Crippen molar-refractivity contribution < 1.29 is 23.1 Å². The minimum Gasteiger partial charge on any atom is -0.507 e. The van der Waals surface area contributed by atoms with Gasteiger partial charge in [-0.15, -0.1) is 0 Å². The van der Waals surface area contributed by atoms with Gasteiger partial charge in [0.15, 0.2) is 0 Å². The van der Waals surface area contributed by atoms with E-state index in [0.717, 1.165) is 23.0 Å². The Labute approximate surface area is 181 Å². The molecule has 0 saturated carbocycles. The second kappa shape index (κ2) is 8.26. The maximum atomic E-state index is 13.1. The summed E-state index contributed by atoms with van der Waals surface area (Å²) in [4.78, 5) is 20.4. The van der Waals surface area contributed by atoms with Crippen molar-refractivity contribution in [3.8, 4) is 5.75 Å². The Balaban J connectivity index is 1.52. The van der Waals surface area contributed by atoms with Crippen molar-refractivity contribution in [2.75, 3.05) is 31.1 Å². The molecule has 162 valence electrons. The van der Waals surface area contributed by atoms with Crippen molar-refractivity contribution in [3.05, 3.63) is 64.8 Å². The molecular weight excluding hydrogens is 431 g/mol. The maximum absolute atomic E-state index is 13.1. The molecule has 1 amide bonds. The summed E-state index contributed by atoms with van der Waals surface area (Å²) in [5.41, 5.74) is -0.683. The molecule has 0 unspecified atom stereocenters. The second-order valence-corrected chi connectivity index (χ2v) is 7.78. The Kier molecular flexibility index (Phi) is 5.66. The minimum absolute atomic E-state index is 0.0817. The Morgan fingerprint density at radius 3 is 2.42 bits per heavy atom. The van der Waals surface area contributed by atoms with E-state index < -0.39 is 11.7 Å². The molecule has 4 rings (SSSR count). The molecule has 0 radical (unpaired) electrons. The number of rotatable bonds is 2. The average molecular weight is 450 g/mol. The highest BCUT2D eigenvalue weighted by atomic mass is 35.5. The van der Waals surface area contributed by atoms with Crippen LogP contribution < -0.4 is 4.90 Å². The van der Waals surface area contributed by atoms with Gasteiger partial charge >= 0.3 is 6.18 Å². The number of aromatic nitrogens is 1. The average Bonchev–Trinajstić information content (AvgIpc) is 2.98. The summed E-state index contributed by atoms with van der Waals surface area (Å²) in [6.45, 7) is 1.62. The maximum Gasteiger partial charge on any atom is 0.417 e. The van der Waals surface area contributed by atoms with Gasteiger partial charge in [0.25, 0.3) is 5.91 Å². The number of phenolic OH excluding ortho intramolecular Hbond substituents is 1. The molecule has 0 spiro atoms. The zero-order chi connectivity index (χ0) is 22.2. The lowest BCUT2D eigenvalue weighted by Gasteiger charge is -2.24. The number of hydrogen-bond acceptors (Lipinski definition) is 4. The van der Waals surface area contributed by atoms with Crippen LogP contribution in [-0.2, 0) is 6.18 Å². The van der Waals surface area contributed by atoms with E-state index in [4.69, 9.17) is 11.6 Å². The number of phenols is 1. The van der Waals surface area contributed by atoms with Crippen LogP contribution in [0.4, 0.5) is 19.0 Å². The van der Waals surface area contributed by atoms with Gasteiger partial charge in [-0.3, -0.25) is 4.79 Å². The standard InChI is InChI=1S/C22H19ClF3N3O2/c23-18-12-16(22(24,25)26)13-27-20(18)28-6-3-7-29(9-8-28)21(31)17-10-14-4-1-2-5-15(14)11-19(17)30/h1-2,4-5,10-13,30H,3,6-9H2. The van der Waals surface area contributed by atoms with Gasteiger partial charge in [-0.25, -0.2) is 4.98 Å². The Hall–Kier alpha value is -3.00. The van der Waals surface area contributed by atoms with Gasteiger partial charge < -0.3 is 14.9 Å². The van der Waals surface area contributed by atoms with E-state index in [0.29, 0.717) is 32.6 Å². The molecule has 0 aliphatic carbocycles. The van der Waals surface area contributed by atoms with Gasteiger partial charge in [-0.1, -0.05) is 35.9 Å². The van der Waals surface area contributed by atoms with Crippen molar-refractivity contribution >= 4 is 34.1 Å². The van der Waals surface area contributed by atoms with Crippen LogP contribution in [-0.4, -0.2) is 47.1 Å². The van der Waals surface area contributed by atoms with Crippen molar-refractivity contribution in [2.45, 2.75) is 12.6 Å². The number of fused-ring (bicyclic) bond motifs is 1. The molecule has 9 heteroatoms. The first-order valence-corrected chi connectivity index (χ1v) is 10.1. The summed E-state index contributed by atoms with van der Waals surface area (Å²) < 4.78 is 38.6. The number of halogens is 4. The third-order valence-corrected chi connectivity index (χ3v) is 5.60. The van der Waals surface area contributed by atoms with Crippen LogP contribution in [0.25, 0.3) is 10.8 Å². The number of hydrogen-bond donors (Lipinski definition) is 1. The molecule has 3 aromatic rings. The number of amides is 1. The van der Waals surface area contributed by atoms with Crippen LogP contribution in [0.15, 0.2) is 48.7 Å². The lowest BCUT2D eigenvalue weighted by molar-refractivity contribution is -0.137. The summed E-state index contributed by atoms with van der Waals surface area (Å²) in [5, 5.41) is 12.0. The molecule has 1 aromatic heterocycles. The van der Waals surface area contributed by atoms with Crippen LogP contribution in [0.5, 0.6) is 5.75 Å². The number of nitrogens with zero attached hydrogens (tertiary/aromatic N) is 3. The van der Waals surface area contributed by atoms with Gasteiger partial charge in [-0.2, -0.15) is 13.2 Å². The quantitative estimate of drug-likeness (QED) is 0.600. The molecule has 31 heavy (non-hydrogen) atoms. The number of anilines is 1. The summed E-state index contributed by atoms with van der Waals surface area (Å²) in [6, 6.07) is 11.5. The topological polar surface area (TPSA) is 56.7 Å². The van der Waals surface area contributed by atoms with E-state index in [1.807, 2.05) is 24.3 Å². The van der Waals surface area contributed by atoms with Crippen molar-refractivity contribution in [1.29, 1.82) is 0 Å². The molecule has 2 heterocycles. The fourth-order valence-corrected chi connectivity index (χ4v) is 4.01. The van der Waals surface area contributed by atoms with Crippen LogP contribution in [0.3, 0.4) is 0 Å². The molecular formula is C22H19ClF3N3O2. The van der Waals surface area contributed by atoms with Gasteiger partial charge in [0.05, 0.1) is 16.1 Å². The van der Waals surface area contributed by atoms with E-state index in [-0.39, 0.29) is 28.1 Å². The van der Waals surface area contributed by atoms with Gasteiger partial charge in [0.1, 0.15) is 11.6 Å². The third-order valence-electron chi connectivity index (χ3n) is 5.33. The molecule has 1 N–H and O–H groups in total. The van der Waals surface area contributed by atoms with Crippen LogP contribution in [0.2, 0.25) is 5.02 Å². The van der Waals surface area contributed by atoms with E-state index >= 15 is 0 Å². The van der Waals surface area contributed by atoms with Gasteiger partial charge in [0, 0.05) is 32.4 Å². The summed E-state index contributed by atoms with van der Waals surface area (Å²) in [7, 11) is 0. The zero-order valence-electron chi connectivity index (χ0n) is 16.4. The SMILES string of the molecule is O=C(c1cc2ccccc2cc1O)N1CCCN(c2ncc(C(F)(F)F)cc2Cl)CC1. The number of carbonyl (C=O) groups is 1. The third kappa shape index (κ3) is 4.39. The lowest BCUT2D eigenvalue weighted by atomic mass is 10.0. The van der Waals surface area contributed by atoms with Crippen molar-refractivity contribution in [3.63, 3.8) is 0 Å².